The summed E-state index contributed by atoms with van der Waals surface area (Å²) in [6.45, 7) is 3.82. The van der Waals surface area contributed by atoms with Gasteiger partial charge < -0.3 is 10.2 Å². The van der Waals surface area contributed by atoms with E-state index >= 15 is 0 Å². The smallest absolute Gasteiger partial charge is 0.193 e. The molecule has 3 nitrogen and oxygen atoms in total. The van der Waals surface area contributed by atoms with Gasteiger partial charge in [0.15, 0.2) is 5.96 Å². The highest BCUT2D eigenvalue weighted by molar-refractivity contribution is 7.99. The number of hydrogen-bond donors (Lipinski definition) is 1. The predicted molar refractivity (Wildman–Crippen MR) is 76.8 cm³/mol. The van der Waals surface area contributed by atoms with Crippen LogP contribution >= 0.6 is 11.8 Å². The number of rotatable bonds is 5. The van der Waals surface area contributed by atoms with Gasteiger partial charge >= 0.3 is 0 Å². The van der Waals surface area contributed by atoms with Gasteiger partial charge in [-0.05, 0) is 19.1 Å². The molecule has 0 saturated heterocycles. The van der Waals surface area contributed by atoms with Crippen molar-refractivity contribution in [3.63, 3.8) is 0 Å². The second-order valence-corrected chi connectivity index (χ2v) is 4.96. The minimum absolute atomic E-state index is 0.833. The third kappa shape index (κ3) is 5.63. The van der Waals surface area contributed by atoms with Crippen LogP contribution in [0.3, 0.4) is 0 Å². The molecular weight excluding hydrogens is 230 g/mol. The Labute approximate surface area is 108 Å². The van der Waals surface area contributed by atoms with Gasteiger partial charge in [-0.1, -0.05) is 18.2 Å². The lowest BCUT2D eigenvalue weighted by atomic mass is 10.4. The molecule has 0 aromatic heterocycles. The van der Waals surface area contributed by atoms with Crippen molar-refractivity contribution >= 4 is 17.7 Å². The van der Waals surface area contributed by atoms with Crippen LogP contribution in [0.5, 0.6) is 0 Å². The van der Waals surface area contributed by atoms with Crippen molar-refractivity contribution < 1.29 is 0 Å². The molecule has 0 aliphatic carbocycles. The van der Waals surface area contributed by atoms with Gasteiger partial charge in [0.25, 0.3) is 0 Å². The summed E-state index contributed by atoms with van der Waals surface area (Å²) in [5, 5.41) is 3.25. The monoisotopic (exact) mass is 251 g/mol. The van der Waals surface area contributed by atoms with E-state index < -0.39 is 0 Å². The molecule has 0 atom stereocenters. The number of hydrogen-bond acceptors (Lipinski definition) is 2. The van der Waals surface area contributed by atoms with Crippen LogP contribution in [0.2, 0.25) is 0 Å². The van der Waals surface area contributed by atoms with Gasteiger partial charge in [0.2, 0.25) is 0 Å². The molecule has 0 aliphatic heterocycles. The molecule has 0 fully saturated rings. The fourth-order valence-electron chi connectivity index (χ4n) is 1.35. The second-order valence-electron chi connectivity index (χ2n) is 3.79. The highest BCUT2D eigenvalue weighted by Crippen LogP contribution is 2.16. The number of nitrogens with zero attached hydrogens (tertiary/aromatic N) is 2. The molecule has 0 radical (unpaired) electrons. The maximum atomic E-state index is 4.54. The first kappa shape index (κ1) is 13.9. The molecule has 0 heterocycles. The molecule has 0 unspecified atom stereocenters. The Morgan fingerprint density at radius 1 is 1.29 bits per heavy atom. The highest BCUT2D eigenvalue weighted by Gasteiger charge is 1.98. The highest BCUT2D eigenvalue weighted by atomic mass is 32.2. The van der Waals surface area contributed by atoms with Crippen molar-refractivity contribution in [1.29, 1.82) is 0 Å². The molecule has 1 N–H and O–H groups in total. The van der Waals surface area contributed by atoms with E-state index in [-0.39, 0.29) is 0 Å². The molecule has 0 aliphatic rings. The molecule has 17 heavy (non-hydrogen) atoms. The summed E-state index contributed by atoms with van der Waals surface area (Å²) in [6.07, 6.45) is 0. The molecule has 4 heteroatoms. The number of nitrogens with one attached hydrogen (secondary N) is 1. The zero-order valence-corrected chi connectivity index (χ0v) is 11.6. The van der Waals surface area contributed by atoms with E-state index in [0.29, 0.717) is 0 Å². The van der Waals surface area contributed by atoms with Crippen LogP contribution in [0.1, 0.15) is 6.92 Å². The Balaban J connectivity index is 2.33. The SMILES string of the molecule is CCNC(=NCCSc1ccccc1)N(C)C. The number of aliphatic imine (C=N–C) groups is 1. The summed E-state index contributed by atoms with van der Waals surface area (Å²) in [5.41, 5.74) is 0. The van der Waals surface area contributed by atoms with Gasteiger partial charge in [0.05, 0.1) is 6.54 Å². The maximum absolute atomic E-state index is 4.54. The van der Waals surface area contributed by atoms with Gasteiger partial charge in [-0.3, -0.25) is 4.99 Å². The second kappa shape index (κ2) is 8.01. The minimum Gasteiger partial charge on any atom is -0.357 e. The van der Waals surface area contributed by atoms with Crippen LogP contribution in [-0.4, -0.2) is 43.8 Å². The Hall–Kier alpha value is -1.16. The van der Waals surface area contributed by atoms with Crippen molar-refractivity contribution in [2.45, 2.75) is 11.8 Å². The summed E-state index contributed by atoms with van der Waals surface area (Å²) < 4.78 is 0. The average Bonchev–Trinajstić information content (AvgIpc) is 2.34. The first-order valence-electron chi connectivity index (χ1n) is 5.87. The molecule has 1 rings (SSSR count). The molecule has 94 valence electrons. The maximum Gasteiger partial charge on any atom is 0.193 e. The third-order valence-corrected chi connectivity index (χ3v) is 3.12. The van der Waals surface area contributed by atoms with Gasteiger partial charge in [-0.15, -0.1) is 11.8 Å². The van der Waals surface area contributed by atoms with Crippen LogP contribution in [0.15, 0.2) is 40.2 Å². The molecule has 0 saturated carbocycles. The van der Waals surface area contributed by atoms with Crippen molar-refractivity contribution in [2.75, 3.05) is 32.9 Å². The van der Waals surface area contributed by atoms with E-state index in [4.69, 9.17) is 0 Å². The predicted octanol–water partition coefficient (Wildman–Crippen LogP) is 2.31. The molecule has 0 spiro atoms. The third-order valence-electron chi connectivity index (χ3n) is 2.12. The zero-order valence-electron chi connectivity index (χ0n) is 10.8. The first-order valence-corrected chi connectivity index (χ1v) is 6.86. The summed E-state index contributed by atoms with van der Waals surface area (Å²) in [4.78, 5) is 7.85. The van der Waals surface area contributed by atoms with E-state index in [9.17, 15) is 0 Å². The summed E-state index contributed by atoms with van der Waals surface area (Å²) >= 11 is 1.84. The zero-order chi connectivity index (χ0) is 12.5. The number of guanidine groups is 1. The largest absolute Gasteiger partial charge is 0.357 e. The van der Waals surface area contributed by atoms with E-state index in [1.807, 2.05) is 36.8 Å². The van der Waals surface area contributed by atoms with Gasteiger partial charge in [0.1, 0.15) is 0 Å². The van der Waals surface area contributed by atoms with Crippen LogP contribution in [0, 0.1) is 0 Å². The average molecular weight is 251 g/mol. The quantitative estimate of drug-likeness (QED) is 0.377. The Morgan fingerprint density at radius 2 is 2.00 bits per heavy atom. The van der Waals surface area contributed by atoms with Crippen molar-refractivity contribution in [2.24, 2.45) is 4.99 Å². The van der Waals surface area contributed by atoms with Crippen LogP contribution in [0.25, 0.3) is 0 Å². The number of benzene rings is 1. The lowest BCUT2D eigenvalue weighted by molar-refractivity contribution is 0.585. The Bertz CT molecular complexity index is 336. The minimum atomic E-state index is 0.833. The fraction of sp³-hybridized carbons (Fsp3) is 0.462. The fourth-order valence-corrected chi connectivity index (χ4v) is 2.11. The normalized spacial score (nSPS) is 11.4. The topological polar surface area (TPSA) is 27.6 Å². The van der Waals surface area contributed by atoms with Gasteiger partial charge in [-0.2, -0.15) is 0 Å². The summed E-state index contributed by atoms with van der Waals surface area (Å²) in [6, 6.07) is 10.4. The van der Waals surface area contributed by atoms with Crippen LogP contribution < -0.4 is 5.32 Å². The molecule has 0 amide bonds. The van der Waals surface area contributed by atoms with E-state index in [2.05, 4.69) is 41.5 Å². The molecule has 1 aromatic rings. The van der Waals surface area contributed by atoms with E-state index in [1.165, 1.54) is 4.90 Å². The Kier molecular flexibility index (Phi) is 6.55. The van der Waals surface area contributed by atoms with Gasteiger partial charge in [-0.25, -0.2) is 0 Å². The first-order chi connectivity index (χ1) is 8.24. The molecule has 0 bridgehead atoms. The number of thioether (sulfide) groups is 1. The standard InChI is InChI=1S/C13H21N3S/c1-4-14-13(16(2)3)15-10-11-17-12-8-6-5-7-9-12/h5-9H,4,10-11H2,1-3H3,(H,14,15). The van der Waals surface area contributed by atoms with Crippen molar-refractivity contribution in [3.05, 3.63) is 30.3 Å². The summed E-state index contributed by atoms with van der Waals surface area (Å²) in [7, 11) is 4.01. The van der Waals surface area contributed by atoms with E-state index in [1.54, 1.807) is 0 Å². The van der Waals surface area contributed by atoms with Crippen LogP contribution in [0.4, 0.5) is 0 Å². The van der Waals surface area contributed by atoms with Crippen molar-refractivity contribution in [3.8, 4) is 0 Å². The molecule has 1 aromatic carbocycles. The lowest BCUT2D eigenvalue weighted by Crippen LogP contribution is -2.36. The van der Waals surface area contributed by atoms with Gasteiger partial charge in [0, 0.05) is 31.3 Å². The molecular formula is C13H21N3S. The van der Waals surface area contributed by atoms with Crippen molar-refractivity contribution in [1.82, 2.24) is 10.2 Å². The van der Waals surface area contributed by atoms with E-state index in [0.717, 1.165) is 24.8 Å². The Morgan fingerprint density at radius 3 is 2.59 bits per heavy atom. The summed E-state index contributed by atoms with van der Waals surface area (Å²) in [5.74, 6) is 1.97. The lowest BCUT2D eigenvalue weighted by Gasteiger charge is -2.16. The van der Waals surface area contributed by atoms with Crippen LogP contribution in [-0.2, 0) is 0 Å².